The average molecular weight is 413 g/mol. The molecule has 0 radical (unpaired) electrons. The van der Waals surface area contributed by atoms with Crippen molar-refractivity contribution in [3.05, 3.63) is 52.7 Å². The molecule has 1 atom stereocenters. The number of methoxy groups -OCH3 is 1. The van der Waals surface area contributed by atoms with Gasteiger partial charge in [0.25, 0.3) is 5.91 Å². The second kappa shape index (κ2) is 13.0. The van der Waals surface area contributed by atoms with Crippen LogP contribution < -0.4 is 4.74 Å². The van der Waals surface area contributed by atoms with Gasteiger partial charge in [0.1, 0.15) is 5.75 Å². The first-order valence-electron chi connectivity index (χ1n) is 11.1. The van der Waals surface area contributed by atoms with Crippen LogP contribution in [-0.2, 0) is 11.3 Å². The number of amides is 1. The van der Waals surface area contributed by atoms with Crippen LogP contribution in [0.5, 0.6) is 5.75 Å². The van der Waals surface area contributed by atoms with E-state index >= 15 is 0 Å². The predicted molar refractivity (Wildman–Crippen MR) is 128 cm³/mol. The van der Waals surface area contributed by atoms with Crippen molar-refractivity contribution in [3.63, 3.8) is 0 Å². The Balaban J connectivity index is 3.32. The first-order chi connectivity index (χ1) is 14.3. The van der Waals surface area contributed by atoms with Crippen molar-refractivity contribution in [3.8, 4) is 5.75 Å². The Morgan fingerprint density at radius 2 is 1.77 bits per heavy atom. The molecule has 4 heteroatoms. The summed E-state index contributed by atoms with van der Waals surface area (Å²) in [6, 6.07) is 7.91. The van der Waals surface area contributed by atoms with Gasteiger partial charge >= 0.3 is 0 Å². The van der Waals surface area contributed by atoms with Crippen LogP contribution in [0.15, 0.2) is 52.2 Å². The lowest BCUT2D eigenvalue weighted by Crippen LogP contribution is -2.32. The van der Waals surface area contributed by atoms with E-state index in [-0.39, 0.29) is 5.91 Å². The maximum absolute atomic E-state index is 13.6. The first-order valence-corrected chi connectivity index (χ1v) is 11.1. The minimum absolute atomic E-state index is 0.0404. The highest BCUT2D eigenvalue weighted by atomic mass is 16.5. The summed E-state index contributed by atoms with van der Waals surface area (Å²) in [4.78, 5) is 20.3. The molecule has 0 bridgehead atoms. The number of hydrogen-bond donors (Lipinski definition) is 0. The van der Waals surface area contributed by atoms with Gasteiger partial charge in [0.2, 0.25) is 0 Å². The molecular weight excluding hydrogens is 372 g/mol. The molecule has 30 heavy (non-hydrogen) atoms. The van der Waals surface area contributed by atoms with E-state index in [1.54, 1.807) is 7.11 Å². The number of rotatable bonds is 11. The van der Waals surface area contributed by atoms with Crippen molar-refractivity contribution in [1.82, 2.24) is 4.90 Å². The summed E-state index contributed by atoms with van der Waals surface area (Å²) in [5.41, 5.74) is 4.82. The van der Waals surface area contributed by atoms with E-state index in [0.717, 1.165) is 42.0 Å². The molecule has 166 valence electrons. The summed E-state index contributed by atoms with van der Waals surface area (Å²) in [7, 11) is 1.66. The van der Waals surface area contributed by atoms with Crippen LogP contribution >= 0.6 is 0 Å². The van der Waals surface area contributed by atoms with Crippen LogP contribution in [0.3, 0.4) is 0 Å². The topological polar surface area (TPSA) is 41.9 Å². The molecule has 0 aliphatic heterocycles. The van der Waals surface area contributed by atoms with E-state index in [4.69, 9.17) is 9.73 Å². The first kappa shape index (κ1) is 25.7. The molecule has 0 saturated carbocycles. The van der Waals surface area contributed by atoms with Gasteiger partial charge in [-0.25, -0.2) is 0 Å². The molecule has 0 N–H and O–H groups in total. The van der Waals surface area contributed by atoms with Gasteiger partial charge in [-0.3, -0.25) is 9.79 Å². The fraction of sp³-hybridized carbons (Fsp3) is 0.538. The number of carbonyl (C=O) groups excluding carboxylic acids is 1. The molecule has 1 amide bonds. The van der Waals surface area contributed by atoms with Crippen molar-refractivity contribution < 1.29 is 9.53 Å². The standard InChI is InChI=1S/C26H40N2O2/c1-9-16-28(18-23-12-14-24(30-8)15-13-23)26(29)25(17-19(4)10-2)22(7)27-21(6)20(5)11-3/h12-15,17,20H,9-11,16,18H2,1-8H3/b19-17-,25-22+,27-21+. The van der Waals surface area contributed by atoms with E-state index in [9.17, 15) is 4.79 Å². The number of ether oxygens (including phenoxy) is 1. The molecule has 0 aliphatic rings. The van der Waals surface area contributed by atoms with Crippen LogP contribution in [0.1, 0.15) is 73.3 Å². The maximum atomic E-state index is 13.6. The molecule has 1 aromatic rings. The van der Waals surface area contributed by atoms with Gasteiger partial charge in [-0.2, -0.15) is 0 Å². The van der Waals surface area contributed by atoms with Crippen LogP contribution in [0.4, 0.5) is 0 Å². The Morgan fingerprint density at radius 1 is 1.13 bits per heavy atom. The quantitative estimate of drug-likeness (QED) is 0.234. The second-order valence-corrected chi connectivity index (χ2v) is 7.98. The molecule has 0 aromatic heterocycles. The summed E-state index contributed by atoms with van der Waals surface area (Å²) >= 11 is 0. The van der Waals surface area contributed by atoms with Crippen molar-refractivity contribution in [2.24, 2.45) is 10.9 Å². The fourth-order valence-electron chi connectivity index (χ4n) is 3.04. The van der Waals surface area contributed by atoms with Crippen LogP contribution in [0.2, 0.25) is 0 Å². The normalized spacial score (nSPS) is 14.3. The smallest absolute Gasteiger partial charge is 0.255 e. The molecule has 0 fully saturated rings. The number of benzene rings is 1. The van der Waals surface area contributed by atoms with E-state index in [1.165, 1.54) is 5.57 Å². The lowest BCUT2D eigenvalue weighted by molar-refractivity contribution is -0.127. The van der Waals surface area contributed by atoms with Gasteiger partial charge in [0, 0.05) is 24.5 Å². The average Bonchev–Trinajstić information content (AvgIpc) is 2.76. The number of aliphatic imine (C=N–C) groups is 1. The van der Waals surface area contributed by atoms with Gasteiger partial charge in [0.05, 0.1) is 12.7 Å². The Morgan fingerprint density at radius 3 is 2.27 bits per heavy atom. The van der Waals surface area contributed by atoms with Crippen molar-refractivity contribution in [2.75, 3.05) is 13.7 Å². The largest absolute Gasteiger partial charge is 0.497 e. The Hall–Kier alpha value is -2.36. The summed E-state index contributed by atoms with van der Waals surface area (Å²) in [6.07, 6.45) is 4.86. The van der Waals surface area contributed by atoms with Crippen molar-refractivity contribution in [1.29, 1.82) is 0 Å². The van der Waals surface area contributed by atoms with Crippen LogP contribution in [0, 0.1) is 5.92 Å². The summed E-state index contributed by atoms with van der Waals surface area (Å²) < 4.78 is 5.25. The molecule has 0 aliphatic carbocycles. The molecule has 0 saturated heterocycles. The zero-order valence-corrected chi connectivity index (χ0v) is 20.2. The van der Waals surface area contributed by atoms with E-state index in [1.807, 2.05) is 42.2 Å². The van der Waals surface area contributed by atoms with E-state index in [0.29, 0.717) is 24.6 Å². The third kappa shape index (κ3) is 7.81. The number of carbonyl (C=O) groups is 1. The minimum Gasteiger partial charge on any atom is -0.497 e. The number of hydrogen-bond acceptors (Lipinski definition) is 3. The SMILES string of the molecule is CCCN(Cc1ccc(OC)cc1)C(=O)C(/C=C(/C)CC)=C(C)/N=C(\C)C(C)CC. The maximum Gasteiger partial charge on any atom is 0.255 e. The van der Waals surface area contributed by atoms with Crippen molar-refractivity contribution >= 4 is 11.6 Å². The highest BCUT2D eigenvalue weighted by molar-refractivity contribution is 5.97. The summed E-state index contributed by atoms with van der Waals surface area (Å²) in [5, 5.41) is 0. The zero-order valence-electron chi connectivity index (χ0n) is 20.2. The number of allylic oxidation sites excluding steroid dienone is 2. The highest BCUT2D eigenvalue weighted by Crippen LogP contribution is 2.20. The van der Waals surface area contributed by atoms with Crippen LogP contribution in [0.25, 0.3) is 0 Å². The molecule has 1 rings (SSSR count). The summed E-state index contributed by atoms with van der Waals surface area (Å²) in [6.45, 7) is 15.9. The summed E-state index contributed by atoms with van der Waals surface area (Å²) in [5.74, 6) is 1.26. The lowest BCUT2D eigenvalue weighted by Gasteiger charge is -2.24. The minimum atomic E-state index is 0.0404. The molecule has 4 nitrogen and oxygen atoms in total. The van der Waals surface area contributed by atoms with Gasteiger partial charge in [-0.05, 0) is 69.7 Å². The molecule has 0 spiro atoms. The van der Waals surface area contributed by atoms with E-state index < -0.39 is 0 Å². The van der Waals surface area contributed by atoms with Gasteiger partial charge in [-0.15, -0.1) is 0 Å². The highest BCUT2D eigenvalue weighted by Gasteiger charge is 2.19. The monoisotopic (exact) mass is 412 g/mol. The number of nitrogens with zero attached hydrogens (tertiary/aromatic N) is 2. The molecule has 1 unspecified atom stereocenters. The third-order valence-electron chi connectivity index (χ3n) is 5.55. The van der Waals surface area contributed by atoms with E-state index in [2.05, 4.69) is 41.5 Å². The Labute approximate surface area is 183 Å². The molecule has 0 heterocycles. The Bertz CT molecular complexity index is 773. The van der Waals surface area contributed by atoms with Gasteiger partial charge < -0.3 is 9.64 Å². The van der Waals surface area contributed by atoms with Gasteiger partial charge in [0.15, 0.2) is 0 Å². The van der Waals surface area contributed by atoms with Crippen LogP contribution in [-0.4, -0.2) is 30.2 Å². The third-order valence-corrected chi connectivity index (χ3v) is 5.55. The predicted octanol–water partition coefficient (Wildman–Crippen LogP) is 6.57. The lowest BCUT2D eigenvalue weighted by atomic mass is 10.0. The zero-order chi connectivity index (χ0) is 22.7. The fourth-order valence-corrected chi connectivity index (χ4v) is 3.04. The van der Waals surface area contributed by atoms with Crippen molar-refractivity contribution in [2.45, 2.75) is 74.3 Å². The molecule has 1 aromatic carbocycles. The molecular formula is C26H40N2O2. The second-order valence-electron chi connectivity index (χ2n) is 7.98. The Kier molecular flexibility index (Phi) is 11.2. The van der Waals surface area contributed by atoms with Gasteiger partial charge in [-0.1, -0.05) is 45.4 Å².